The highest BCUT2D eigenvalue weighted by molar-refractivity contribution is 5.74. The first kappa shape index (κ1) is 16.8. The van der Waals surface area contributed by atoms with Gasteiger partial charge in [0.05, 0.1) is 12.6 Å². The number of rotatable bonds is 7. The molecule has 0 aromatic rings. The van der Waals surface area contributed by atoms with Gasteiger partial charge in [0, 0.05) is 13.0 Å². The number of hydrogen-bond acceptors (Lipinski definition) is 2. The average Bonchev–Trinajstić information content (AvgIpc) is 2.26. The van der Waals surface area contributed by atoms with Gasteiger partial charge in [-0.25, -0.2) is 4.79 Å². The molecule has 0 saturated carbocycles. The smallest absolute Gasteiger partial charge is 0.315 e. The molecule has 0 aromatic carbocycles. The second-order valence-corrected chi connectivity index (χ2v) is 5.71. The fourth-order valence-corrected chi connectivity index (χ4v) is 1.69. The monoisotopic (exact) mass is 254 g/mol. The third kappa shape index (κ3) is 9.98. The maximum absolute atomic E-state index is 11.6. The highest BCUT2D eigenvalue weighted by atomic mass is 16.3. The van der Waals surface area contributed by atoms with Crippen LogP contribution in [0.5, 0.6) is 0 Å². The molecule has 4 heteroatoms. The third-order valence-corrected chi connectivity index (χ3v) is 2.45. The van der Waals surface area contributed by atoms with Gasteiger partial charge in [0.25, 0.3) is 0 Å². The predicted molar refractivity (Wildman–Crippen MR) is 74.2 cm³/mol. The van der Waals surface area contributed by atoms with Crippen LogP contribution < -0.4 is 10.6 Å². The number of nitrogens with one attached hydrogen (secondary N) is 2. The van der Waals surface area contributed by atoms with E-state index in [1.54, 1.807) is 0 Å². The van der Waals surface area contributed by atoms with Crippen LogP contribution in [0.25, 0.3) is 0 Å². The normalized spacial score (nSPS) is 12.6. The minimum absolute atomic E-state index is 0.0399. The van der Waals surface area contributed by atoms with Crippen LogP contribution in [-0.4, -0.2) is 30.3 Å². The van der Waals surface area contributed by atoms with Crippen molar-refractivity contribution in [3.63, 3.8) is 0 Å². The maximum atomic E-state index is 11.6. The molecule has 0 spiro atoms. The van der Waals surface area contributed by atoms with Crippen LogP contribution in [0.4, 0.5) is 4.79 Å². The van der Waals surface area contributed by atoms with Gasteiger partial charge in [-0.1, -0.05) is 20.8 Å². The molecule has 0 saturated heterocycles. The molecular weight excluding hydrogens is 228 g/mol. The number of aliphatic hydroxyl groups excluding tert-OH is 1. The standard InChI is InChI=1S/C14H26N2O2/c1-5-6-7-8-9-15-13(18)16-12(11-17)10-14(2,3)4/h1,12,17H,6-11H2,2-4H3,(H2,15,16,18). The van der Waals surface area contributed by atoms with Crippen molar-refractivity contribution >= 4 is 6.03 Å². The van der Waals surface area contributed by atoms with Gasteiger partial charge in [-0.15, -0.1) is 12.3 Å². The van der Waals surface area contributed by atoms with Gasteiger partial charge in [0.2, 0.25) is 0 Å². The topological polar surface area (TPSA) is 61.4 Å². The molecule has 0 aromatic heterocycles. The zero-order chi connectivity index (χ0) is 14.0. The van der Waals surface area contributed by atoms with E-state index in [-0.39, 0.29) is 24.1 Å². The zero-order valence-corrected chi connectivity index (χ0v) is 11.8. The van der Waals surface area contributed by atoms with Crippen molar-refractivity contribution in [3.8, 4) is 12.3 Å². The van der Waals surface area contributed by atoms with E-state index in [1.807, 2.05) is 0 Å². The molecule has 18 heavy (non-hydrogen) atoms. The number of carbonyl (C=O) groups is 1. The Balaban J connectivity index is 3.80. The quantitative estimate of drug-likeness (QED) is 0.480. The van der Waals surface area contributed by atoms with Gasteiger partial charge in [-0.2, -0.15) is 0 Å². The molecule has 0 aliphatic rings. The summed E-state index contributed by atoms with van der Waals surface area (Å²) < 4.78 is 0. The van der Waals surface area contributed by atoms with Gasteiger partial charge in [-0.05, 0) is 24.7 Å². The average molecular weight is 254 g/mol. The second kappa shape index (κ2) is 8.82. The Bertz CT molecular complexity index is 276. The lowest BCUT2D eigenvalue weighted by atomic mass is 9.88. The van der Waals surface area contributed by atoms with Crippen LogP contribution in [0, 0.1) is 17.8 Å². The van der Waals surface area contributed by atoms with E-state index in [9.17, 15) is 9.90 Å². The van der Waals surface area contributed by atoms with Crippen LogP contribution in [0.2, 0.25) is 0 Å². The van der Waals surface area contributed by atoms with E-state index in [0.717, 1.165) is 25.7 Å². The molecular formula is C14H26N2O2. The lowest BCUT2D eigenvalue weighted by Crippen LogP contribution is -2.45. The Morgan fingerprint density at radius 3 is 2.56 bits per heavy atom. The molecule has 0 fully saturated rings. The molecule has 104 valence electrons. The van der Waals surface area contributed by atoms with Crippen molar-refractivity contribution < 1.29 is 9.90 Å². The summed E-state index contributed by atoms with van der Waals surface area (Å²) in [4.78, 5) is 11.6. The molecule has 0 rings (SSSR count). The molecule has 0 aliphatic heterocycles. The van der Waals surface area contributed by atoms with Gasteiger partial charge in [0.15, 0.2) is 0 Å². The number of urea groups is 1. The third-order valence-electron chi connectivity index (χ3n) is 2.45. The number of unbranched alkanes of at least 4 members (excludes halogenated alkanes) is 2. The van der Waals surface area contributed by atoms with E-state index in [2.05, 4.69) is 37.3 Å². The molecule has 0 radical (unpaired) electrons. The van der Waals surface area contributed by atoms with Gasteiger partial charge < -0.3 is 15.7 Å². The van der Waals surface area contributed by atoms with Crippen LogP contribution in [-0.2, 0) is 0 Å². The Morgan fingerprint density at radius 2 is 2.06 bits per heavy atom. The summed E-state index contributed by atoms with van der Waals surface area (Å²) in [6, 6.07) is -0.422. The molecule has 0 bridgehead atoms. The van der Waals surface area contributed by atoms with Crippen LogP contribution in [0.3, 0.4) is 0 Å². The largest absolute Gasteiger partial charge is 0.394 e. The summed E-state index contributed by atoms with van der Waals surface area (Å²) in [6.07, 6.45) is 8.42. The Hall–Kier alpha value is -1.21. The molecule has 2 amide bonds. The summed E-state index contributed by atoms with van der Waals surface area (Å²) >= 11 is 0. The number of aliphatic hydroxyl groups is 1. The SMILES string of the molecule is C#CCCCCNC(=O)NC(CO)CC(C)(C)C. The van der Waals surface area contributed by atoms with E-state index >= 15 is 0 Å². The molecule has 1 unspecified atom stereocenters. The van der Waals surface area contributed by atoms with Crippen molar-refractivity contribution in [1.29, 1.82) is 0 Å². The van der Waals surface area contributed by atoms with Crippen LogP contribution in [0.1, 0.15) is 46.5 Å². The van der Waals surface area contributed by atoms with Crippen LogP contribution >= 0.6 is 0 Å². The number of carbonyl (C=O) groups excluding carboxylic acids is 1. The molecule has 0 heterocycles. The molecule has 4 nitrogen and oxygen atoms in total. The minimum Gasteiger partial charge on any atom is -0.394 e. The lowest BCUT2D eigenvalue weighted by Gasteiger charge is -2.25. The highest BCUT2D eigenvalue weighted by Gasteiger charge is 2.19. The summed E-state index contributed by atoms with van der Waals surface area (Å²) in [5.74, 6) is 2.56. The van der Waals surface area contributed by atoms with Crippen molar-refractivity contribution in [2.75, 3.05) is 13.2 Å². The first-order valence-corrected chi connectivity index (χ1v) is 6.47. The van der Waals surface area contributed by atoms with Crippen molar-refractivity contribution in [2.45, 2.75) is 52.5 Å². The van der Waals surface area contributed by atoms with E-state index < -0.39 is 0 Å². The van der Waals surface area contributed by atoms with E-state index in [0.29, 0.717) is 6.54 Å². The van der Waals surface area contributed by atoms with Gasteiger partial charge in [0.1, 0.15) is 0 Å². The molecule has 3 N–H and O–H groups in total. The van der Waals surface area contributed by atoms with Crippen molar-refractivity contribution in [1.82, 2.24) is 10.6 Å². The van der Waals surface area contributed by atoms with Crippen molar-refractivity contribution in [2.24, 2.45) is 5.41 Å². The Kier molecular flexibility index (Phi) is 8.23. The van der Waals surface area contributed by atoms with Crippen molar-refractivity contribution in [3.05, 3.63) is 0 Å². The van der Waals surface area contributed by atoms with E-state index in [1.165, 1.54) is 0 Å². The zero-order valence-electron chi connectivity index (χ0n) is 11.8. The first-order valence-electron chi connectivity index (χ1n) is 6.47. The highest BCUT2D eigenvalue weighted by Crippen LogP contribution is 2.20. The summed E-state index contributed by atoms with van der Waals surface area (Å²) in [6.45, 7) is 6.81. The summed E-state index contributed by atoms with van der Waals surface area (Å²) in [5.41, 5.74) is 0.0769. The van der Waals surface area contributed by atoms with Gasteiger partial charge >= 0.3 is 6.03 Å². The number of amides is 2. The fourth-order valence-electron chi connectivity index (χ4n) is 1.69. The summed E-state index contributed by atoms with van der Waals surface area (Å²) in [7, 11) is 0. The Labute approximate surface area is 111 Å². The van der Waals surface area contributed by atoms with Crippen LogP contribution in [0.15, 0.2) is 0 Å². The fraction of sp³-hybridized carbons (Fsp3) is 0.786. The van der Waals surface area contributed by atoms with E-state index in [4.69, 9.17) is 6.42 Å². The summed E-state index contributed by atoms with van der Waals surface area (Å²) in [5, 5.41) is 14.8. The second-order valence-electron chi connectivity index (χ2n) is 5.71. The number of terminal acetylenes is 1. The first-order chi connectivity index (χ1) is 8.39. The molecule has 1 atom stereocenters. The molecule has 0 aliphatic carbocycles. The van der Waals surface area contributed by atoms with Gasteiger partial charge in [-0.3, -0.25) is 0 Å². The maximum Gasteiger partial charge on any atom is 0.315 e. The Morgan fingerprint density at radius 1 is 1.39 bits per heavy atom. The number of hydrogen-bond donors (Lipinski definition) is 3. The lowest BCUT2D eigenvalue weighted by molar-refractivity contribution is 0.191. The predicted octanol–water partition coefficient (Wildman–Crippen LogP) is 1.89. The minimum atomic E-state index is -0.223.